The number of nitrogens with zero attached hydrogens (tertiary/aromatic N) is 5. The number of amides is 1. The second-order valence-electron chi connectivity index (χ2n) is 21.7. The Morgan fingerprint density at radius 2 is 1.56 bits per heavy atom. The van der Waals surface area contributed by atoms with Crippen molar-refractivity contribution in [2.24, 2.45) is 11.8 Å². The zero-order valence-electron chi connectivity index (χ0n) is 48.7. The summed E-state index contributed by atoms with van der Waals surface area (Å²) in [5.41, 5.74) is 7.74. The molecule has 5 aliphatic heterocycles. The molecular weight excluding hydrogens is 1190 g/mol. The molecule has 7 heterocycles. The standard InChI is InChI=1S/C29H31N7O.C29H33O16P.CH4O3S/c1-21-5-10-25(18-27(21)34-29-31-13-11-26(33-29)24-4-3-12-30-19-24)32-28(37)23-8-6-22(7-9-23)20-36-16-14-35(2)15-17-36;1-11-38-9-20-27(42-11)23(30)24(31)29(43-20)44-25-14-7-17-16(40-10-41-17)6-13(14)21(22-15(25)8-39-28(22)32)12-4-18(36-2)26(19(5-12)37-3)45-46(33,34)35;1-5(2,3)4/h3-13,18-19H,14-17,20H2,1-2H3,(H,32,37)(H,31,33,34);4-7,11,15,20-25,27,29-31H,8-10H2,1-3H3,(H2,33,34,35);1H3,(H,2,3,4)/t;11-,15?,20-,21-,22+,23-,24-,25?,27-,29+;/m.1./s1. The highest BCUT2D eigenvalue weighted by Crippen LogP contribution is 2.58. The third-order valence-electron chi connectivity index (χ3n) is 15.5. The van der Waals surface area contributed by atoms with E-state index in [-0.39, 0.29) is 43.2 Å². The van der Waals surface area contributed by atoms with Crippen molar-refractivity contribution in [1.82, 2.24) is 24.8 Å². The monoisotopic (exact) mass is 1260 g/mol. The lowest BCUT2D eigenvalue weighted by Crippen LogP contribution is -2.63. The number of hydrogen-bond donors (Lipinski definition) is 7. The smallest absolute Gasteiger partial charge is 0.493 e. The molecule has 1 amide bonds. The number of cyclic esters (lactones) is 1. The number of phosphoric acid groups is 1. The number of aryl methyl sites for hydroxylation is 1. The van der Waals surface area contributed by atoms with Gasteiger partial charge in [0.2, 0.25) is 18.5 Å². The maximum Gasteiger partial charge on any atom is 0.525 e. The number of carbonyl (C=O) groups is 2. The average Bonchev–Trinajstić information content (AvgIpc) is 2.04. The maximum atomic E-state index is 13.5. The van der Waals surface area contributed by atoms with Crippen LogP contribution in [0.25, 0.3) is 11.3 Å². The lowest BCUT2D eigenvalue weighted by molar-refractivity contribution is -0.364. The van der Waals surface area contributed by atoms with Crippen molar-refractivity contribution in [3.8, 4) is 40.0 Å². The fourth-order valence-corrected chi connectivity index (χ4v) is 11.6. The van der Waals surface area contributed by atoms with E-state index in [0.29, 0.717) is 51.6 Å². The molecule has 0 saturated carbocycles. The number of pyridine rings is 1. The molecule has 470 valence electrons. The van der Waals surface area contributed by atoms with Crippen molar-refractivity contribution in [3.63, 3.8) is 0 Å². The van der Waals surface area contributed by atoms with Gasteiger partial charge < -0.3 is 72.9 Å². The number of piperazine rings is 1. The molecule has 0 spiro atoms. The van der Waals surface area contributed by atoms with Crippen LogP contribution in [0.15, 0.2) is 104 Å². The van der Waals surface area contributed by atoms with Crippen LogP contribution in [0.3, 0.4) is 0 Å². The van der Waals surface area contributed by atoms with Gasteiger partial charge in [-0.3, -0.25) is 33.8 Å². The molecule has 4 fully saturated rings. The average molecular weight is 1260 g/mol. The van der Waals surface area contributed by atoms with Crippen molar-refractivity contribution in [1.29, 1.82) is 0 Å². The first-order valence-corrected chi connectivity index (χ1v) is 31.3. The minimum atomic E-state index is -5.00. The van der Waals surface area contributed by atoms with Crippen molar-refractivity contribution in [2.45, 2.75) is 69.4 Å². The first-order valence-electron chi connectivity index (χ1n) is 27.9. The van der Waals surface area contributed by atoms with Crippen LogP contribution in [-0.4, -0.2) is 180 Å². The van der Waals surface area contributed by atoms with Crippen molar-refractivity contribution in [2.75, 3.05) is 84.3 Å². The molecular formula is C59H68N7O20PS. The number of carbonyl (C=O) groups excluding carboxylic acids is 2. The summed E-state index contributed by atoms with van der Waals surface area (Å²) in [6, 6.07) is 25.8. The largest absolute Gasteiger partial charge is 0.525 e. The highest BCUT2D eigenvalue weighted by Gasteiger charge is 2.56. The van der Waals surface area contributed by atoms with Gasteiger partial charge in [-0.2, -0.15) is 8.42 Å². The van der Waals surface area contributed by atoms with Crippen LogP contribution < -0.4 is 34.1 Å². The third-order valence-corrected chi connectivity index (χ3v) is 15.9. The summed E-state index contributed by atoms with van der Waals surface area (Å²) in [6.45, 7) is 8.96. The van der Waals surface area contributed by atoms with E-state index in [0.717, 1.165) is 55.2 Å². The van der Waals surface area contributed by atoms with Crippen LogP contribution in [0.2, 0.25) is 0 Å². The minimum absolute atomic E-state index is 0.0303. The number of aliphatic hydroxyl groups is 2. The lowest BCUT2D eigenvalue weighted by Gasteiger charge is -2.47. The quantitative estimate of drug-likeness (QED) is 0.0418. The fraction of sp³-hybridized carbons (Fsp3) is 0.407. The van der Waals surface area contributed by atoms with Gasteiger partial charge in [-0.25, -0.2) is 14.5 Å². The number of aliphatic hydroxyl groups excluding tert-OH is 2. The number of hydrogen-bond acceptors (Lipinski definition) is 23. The highest BCUT2D eigenvalue weighted by atomic mass is 32.2. The third kappa shape index (κ3) is 15.2. The van der Waals surface area contributed by atoms with E-state index in [2.05, 4.69) is 42.4 Å². The Hall–Kier alpha value is -7.41. The summed E-state index contributed by atoms with van der Waals surface area (Å²) in [7, 11) is -3.91. The van der Waals surface area contributed by atoms with Gasteiger partial charge in [-0.1, -0.05) is 18.2 Å². The molecule has 88 heavy (non-hydrogen) atoms. The van der Waals surface area contributed by atoms with Crippen molar-refractivity contribution in [3.05, 3.63) is 137 Å². The molecule has 27 nitrogen and oxygen atoms in total. The Labute approximate surface area is 506 Å². The number of methoxy groups -OCH3 is 2. The molecule has 2 unspecified atom stereocenters. The number of rotatable bonds is 14. The summed E-state index contributed by atoms with van der Waals surface area (Å²) in [5, 5.41) is 28.3. The molecule has 6 aliphatic rings. The molecule has 2 aromatic heterocycles. The molecule has 7 N–H and O–H groups in total. The molecule has 0 bridgehead atoms. The Balaban J connectivity index is 0.000000184. The normalized spacial score (nSPS) is 24.8. The first kappa shape index (κ1) is 63.6. The van der Waals surface area contributed by atoms with E-state index in [1.807, 2.05) is 67.6 Å². The Kier molecular flexibility index (Phi) is 19.6. The van der Waals surface area contributed by atoms with Gasteiger partial charge in [0, 0.05) is 85.7 Å². The number of likely N-dealkylation sites (N-methyl/N-ethyl adjacent to an activating group) is 1. The molecule has 1 aliphatic carbocycles. The van der Waals surface area contributed by atoms with Crippen molar-refractivity contribution < 1.29 is 94.3 Å². The van der Waals surface area contributed by atoms with Crippen molar-refractivity contribution >= 4 is 47.1 Å². The van der Waals surface area contributed by atoms with Crippen LogP contribution in [0.1, 0.15) is 57.1 Å². The predicted octanol–water partition coefficient (Wildman–Crippen LogP) is 5.20. The number of nitrogens with one attached hydrogen (secondary N) is 2. The van der Waals surface area contributed by atoms with Crippen LogP contribution in [0, 0.1) is 18.8 Å². The number of esters is 1. The summed E-state index contributed by atoms with van der Waals surface area (Å²) in [4.78, 5) is 63.4. The number of anilines is 3. The fourth-order valence-electron chi connectivity index (χ4n) is 11.2. The molecule has 4 aromatic carbocycles. The lowest BCUT2D eigenvalue weighted by atomic mass is 9.66. The molecule has 0 radical (unpaired) electrons. The number of phosphoric ester groups is 1. The number of fused-ring (bicyclic) bond motifs is 4. The maximum absolute atomic E-state index is 13.5. The molecule has 29 heteroatoms. The SMILES string of the molecule is COc1cc([C@@H]2c3cc4c(cc3C(O[C@@H]3O[C@@H]5CO[C@@H](C)O[C@H]5[C@H](O)[C@H]3O)C3COC(=O)[C@@H]32)OCO4)cc(OC)c1OP(=O)(O)O.CS(=O)(=O)O.Cc1ccc(NC(=O)c2ccc(CN3CCN(C)CC3)cc2)cc1Nc1nccc(-c2cccnc2)n1. The number of ether oxygens (including phenoxy) is 9. The van der Waals surface area contributed by atoms with E-state index < -0.39 is 84.8 Å². The summed E-state index contributed by atoms with van der Waals surface area (Å²) in [5.74, 6) is -1.92. The highest BCUT2D eigenvalue weighted by molar-refractivity contribution is 7.85. The van der Waals surface area contributed by atoms with E-state index in [1.54, 1.807) is 37.6 Å². The Morgan fingerprint density at radius 1 is 0.864 bits per heavy atom. The van der Waals surface area contributed by atoms with E-state index >= 15 is 0 Å². The second kappa shape index (κ2) is 27.1. The molecule has 12 rings (SSSR count). The van der Waals surface area contributed by atoms with Crippen LogP contribution >= 0.6 is 7.82 Å². The van der Waals surface area contributed by atoms with E-state index in [1.165, 1.54) is 31.9 Å². The van der Waals surface area contributed by atoms with Gasteiger partial charge in [-0.05, 0) is 115 Å². The molecule has 6 aromatic rings. The van der Waals surface area contributed by atoms with Gasteiger partial charge in [0.25, 0.3) is 16.0 Å². The van der Waals surface area contributed by atoms with Gasteiger partial charge in [0.05, 0.1) is 51.4 Å². The summed E-state index contributed by atoms with van der Waals surface area (Å²) in [6.07, 6.45) is -1.25. The first-order chi connectivity index (χ1) is 42.0. The summed E-state index contributed by atoms with van der Waals surface area (Å²) < 4.78 is 94.0. The van der Waals surface area contributed by atoms with Crippen LogP contribution in [0.4, 0.5) is 17.3 Å². The van der Waals surface area contributed by atoms with Gasteiger partial charge in [0.1, 0.15) is 24.4 Å². The van der Waals surface area contributed by atoms with Gasteiger partial charge in [0.15, 0.2) is 35.6 Å². The van der Waals surface area contributed by atoms with E-state index in [9.17, 15) is 42.6 Å². The van der Waals surface area contributed by atoms with Crippen LogP contribution in [0.5, 0.6) is 28.7 Å². The van der Waals surface area contributed by atoms with E-state index in [4.69, 9.17) is 51.7 Å². The number of aromatic nitrogens is 3. The summed E-state index contributed by atoms with van der Waals surface area (Å²) >= 11 is 0. The molecule has 4 saturated heterocycles. The zero-order chi connectivity index (χ0) is 62.6. The minimum Gasteiger partial charge on any atom is -0.493 e. The predicted molar refractivity (Wildman–Crippen MR) is 314 cm³/mol. The number of benzene rings is 4. The second-order valence-corrected chi connectivity index (χ2v) is 24.3. The molecule has 10 atom stereocenters. The van der Waals surface area contributed by atoms with Crippen LogP contribution in [-0.2, 0) is 49.7 Å². The van der Waals surface area contributed by atoms with Gasteiger partial charge in [-0.15, -0.1) is 0 Å². The van der Waals surface area contributed by atoms with Gasteiger partial charge >= 0.3 is 13.8 Å². The zero-order valence-corrected chi connectivity index (χ0v) is 50.4. The Morgan fingerprint density at radius 3 is 2.22 bits per heavy atom. The Bertz CT molecular complexity index is 3600. The topological polar surface area (TPSA) is 348 Å².